The number of benzene rings is 1. The van der Waals surface area contributed by atoms with E-state index in [0.29, 0.717) is 0 Å². The fourth-order valence-electron chi connectivity index (χ4n) is 1.73. The number of alkyl halides is 7. The van der Waals surface area contributed by atoms with Gasteiger partial charge in [-0.15, -0.1) is 0 Å². The minimum absolute atomic E-state index is 0.0977. The van der Waals surface area contributed by atoms with E-state index in [9.17, 15) is 30.7 Å². The van der Waals surface area contributed by atoms with Gasteiger partial charge in [-0.2, -0.15) is 26.3 Å². The molecule has 0 bridgehead atoms. The Morgan fingerprint density at radius 2 is 1.55 bits per heavy atom. The molecule has 0 aliphatic carbocycles. The maximum atomic E-state index is 13.4. The molecular weight excluding hydrogens is 291 g/mol. The average molecular weight is 297 g/mol. The van der Waals surface area contributed by atoms with Crippen molar-refractivity contribution < 1.29 is 30.7 Å². The average Bonchev–Trinajstić information content (AvgIpc) is 2.34. The summed E-state index contributed by atoms with van der Waals surface area (Å²) in [5, 5.41) is -0.301. The molecule has 0 aliphatic rings. The van der Waals surface area contributed by atoms with Gasteiger partial charge in [-0.3, -0.25) is 0 Å². The summed E-state index contributed by atoms with van der Waals surface area (Å²) in [5.74, 6) is 0. The van der Waals surface area contributed by atoms with Crippen molar-refractivity contribution in [3.63, 3.8) is 0 Å². The Kier molecular flexibility index (Phi) is 3.35. The van der Waals surface area contributed by atoms with E-state index < -0.39 is 29.8 Å². The fourth-order valence-corrected chi connectivity index (χ4v) is 1.73. The van der Waals surface area contributed by atoms with E-state index in [-0.39, 0.29) is 17.0 Å². The van der Waals surface area contributed by atoms with Crippen LogP contribution in [0.15, 0.2) is 30.3 Å². The first-order valence-electron chi connectivity index (χ1n) is 5.28. The monoisotopic (exact) mass is 297 g/mol. The summed E-state index contributed by atoms with van der Waals surface area (Å²) in [4.78, 5) is 3.21. The van der Waals surface area contributed by atoms with Crippen LogP contribution in [-0.4, -0.2) is 11.2 Å². The molecule has 1 aromatic carbocycles. The molecule has 0 fully saturated rings. The second kappa shape index (κ2) is 4.60. The van der Waals surface area contributed by atoms with Gasteiger partial charge in [0.25, 0.3) is 0 Å². The lowest BCUT2D eigenvalue weighted by Gasteiger charge is -2.16. The van der Waals surface area contributed by atoms with Crippen LogP contribution in [0.25, 0.3) is 10.9 Å². The van der Waals surface area contributed by atoms with Crippen molar-refractivity contribution in [3.8, 4) is 0 Å². The van der Waals surface area contributed by atoms with Gasteiger partial charge in [-0.1, -0.05) is 18.2 Å². The molecule has 2 aromatic rings. The van der Waals surface area contributed by atoms with Gasteiger partial charge in [0.05, 0.1) is 5.52 Å². The normalized spacial score (nSPS) is 14.6. The Morgan fingerprint density at radius 1 is 0.950 bits per heavy atom. The van der Waals surface area contributed by atoms with Gasteiger partial charge >= 0.3 is 12.4 Å². The topological polar surface area (TPSA) is 12.9 Å². The molecule has 0 N–H and O–H groups in total. The van der Waals surface area contributed by atoms with E-state index in [1.54, 1.807) is 0 Å². The lowest BCUT2D eigenvalue weighted by Crippen LogP contribution is -2.18. The van der Waals surface area contributed by atoms with Crippen molar-refractivity contribution in [1.82, 2.24) is 4.98 Å². The number of pyridine rings is 1. The zero-order chi connectivity index (χ0) is 15.1. The zero-order valence-electron chi connectivity index (χ0n) is 9.56. The molecule has 1 heterocycles. The molecule has 0 amide bonds. The Bertz CT molecular complexity index is 630. The highest BCUT2D eigenvalue weighted by molar-refractivity contribution is 5.83. The Morgan fingerprint density at radius 3 is 2.10 bits per heavy atom. The van der Waals surface area contributed by atoms with Crippen molar-refractivity contribution >= 4 is 10.9 Å². The number of rotatable bonds is 1. The first-order valence-corrected chi connectivity index (χ1v) is 5.28. The summed E-state index contributed by atoms with van der Waals surface area (Å²) >= 11 is 0. The number of hydrogen-bond donors (Lipinski definition) is 0. The third kappa shape index (κ3) is 2.68. The summed E-state index contributed by atoms with van der Waals surface area (Å²) in [6.45, 7) is 0. The summed E-state index contributed by atoms with van der Waals surface area (Å²) < 4.78 is 88.4. The van der Waals surface area contributed by atoms with Crippen molar-refractivity contribution in [1.29, 1.82) is 0 Å². The fraction of sp³-hybridized carbons (Fsp3) is 0.250. The number of aromatic nitrogens is 1. The van der Waals surface area contributed by atoms with Gasteiger partial charge in [0.2, 0.25) is 6.17 Å². The molecule has 0 saturated carbocycles. The summed E-state index contributed by atoms with van der Waals surface area (Å²) in [5.41, 5.74) is -2.99. The molecule has 0 saturated heterocycles. The highest BCUT2D eigenvalue weighted by atomic mass is 19.4. The lowest BCUT2D eigenvalue weighted by molar-refractivity contribution is -0.182. The SMILES string of the molecule is FC(c1cc(C(F)(F)F)nc2ccccc12)C(F)(F)F. The molecule has 8 heteroatoms. The molecule has 0 aliphatic heterocycles. The van der Waals surface area contributed by atoms with Gasteiger partial charge in [0.1, 0.15) is 5.69 Å². The van der Waals surface area contributed by atoms with E-state index in [0.717, 1.165) is 12.1 Å². The number of hydrogen-bond acceptors (Lipinski definition) is 1. The van der Waals surface area contributed by atoms with Crippen LogP contribution in [-0.2, 0) is 6.18 Å². The van der Waals surface area contributed by atoms with Crippen molar-refractivity contribution in [2.24, 2.45) is 0 Å². The zero-order valence-corrected chi connectivity index (χ0v) is 9.56. The highest BCUT2D eigenvalue weighted by Crippen LogP contribution is 2.40. The molecule has 0 radical (unpaired) electrons. The van der Waals surface area contributed by atoms with E-state index in [1.165, 1.54) is 12.1 Å². The first kappa shape index (κ1) is 14.5. The minimum Gasteiger partial charge on any atom is -0.243 e. The second-order valence-electron chi connectivity index (χ2n) is 4.02. The van der Waals surface area contributed by atoms with E-state index in [1.807, 2.05) is 0 Å². The van der Waals surface area contributed by atoms with Crippen LogP contribution >= 0.6 is 0 Å². The second-order valence-corrected chi connectivity index (χ2v) is 4.02. The third-order valence-electron chi connectivity index (χ3n) is 2.60. The molecule has 1 nitrogen and oxygen atoms in total. The van der Waals surface area contributed by atoms with Gasteiger partial charge in [0.15, 0.2) is 0 Å². The van der Waals surface area contributed by atoms with Crippen LogP contribution in [0.4, 0.5) is 30.7 Å². The summed E-state index contributed by atoms with van der Waals surface area (Å²) in [6, 6.07) is 4.89. The molecular formula is C12H6F7N. The first-order chi connectivity index (χ1) is 9.10. The molecule has 1 aromatic heterocycles. The van der Waals surface area contributed by atoms with Crippen LogP contribution in [0.2, 0.25) is 0 Å². The van der Waals surface area contributed by atoms with Gasteiger partial charge in [0, 0.05) is 10.9 Å². The van der Waals surface area contributed by atoms with Crippen molar-refractivity contribution in [2.75, 3.05) is 0 Å². The van der Waals surface area contributed by atoms with E-state index >= 15 is 0 Å². The predicted octanol–water partition coefficient (Wildman–Crippen LogP) is 4.83. The summed E-state index contributed by atoms with van der Waals surface area (Å²) in [7, 11) is 0. The largest absolute Gasteiger partial charge is 0.433 e. The maximum absolute atomic E-state index is 13.4. The molecule has 1 atom stereocenters. The molecule has 1 unspecified atom stereocenters. The molecule has 2 rings (SSSR count). The van der Waals surface area contributed by atoms with Crippen LogP contribution in [0, 0.1) is 0 Å². The van der Waals surface area contributed by atoms with Crippen molar-refractivity contribution in [3.05, 3.63) is 41.6 Å². The number of para-hydroxylation sites is 1. The van der Waals surface area contributed by atoms with E-state index in [4.69, 9.17) is 0 Å². The summed E-state index contributed by atoms with van der Waals surface area (Å²) in [6.07, 6.45) is -13.7. The van der Waals surface area contributed by atoms with E-state index in [2.05, 4.69) is 4.98 Å². The van der Waals surface area contributed by atoms with Crippen molar-refractivity contribution in [2.45, 2.75) is 18.5 Å². The lowest BCUT2D eigenvalue weighted by atomic mass is 10.0. The minimum atomic E-state index is -5.28. The standard InChI is InChI=1S/C12H6F7N/c13-10(12(17,18)19)7-5-9(11(14,15)16)20-8-4-2-1-3-6(7)8/h1-5,10H. The predicted molar refractivity (Wildman–Crippen MR) is 56.6 cm³/mol. The Balaban J connectivity index is 2.74. The van der Waals surface area contributed by atoms with Crippen LogP contribution in [0.1, 0.15) is 17.4 Å². The van der Waals surface area contributed by atoms with Gasteiger partial charge in [-0.25, -0.2) is 9.37 Å². The molecule has 108 valence electrons. The Labute approximate surface area is 108 Å². The smallest absolute Gasteiger partial charge is 0.243 e. The highest BCUT2D eigenvalue weighted by Gasteiger charge is 2.43. The van der Waals surface area contributed by atoms with Gasteiger partial charge < -0.3 is 0 Å². The molecule has 0 spiro atoms. The third-order valence-corrected chi connectivity index (χ3v) is 2.60. The van der Waals surface area contributed by atoms with Crippen LogP contribution in [0.5, 0.6) is 0 Å². The quantitative estimate of drug-likeness (QED) is 0.687. The number of halogens is 7. The Hall–Kier alpha value is -1.86. The van der Waals surface area contributed by atoms with Crippen LogP contribution < -0.4 is 0 Å². The molecule has 20 heavy (non-hydrogen) atoms. The van der Waals surface area contributed by atoms with Gasteiger partial charge in [-0.05, 0) is 12.1 Å². The number of fused-ring (bicyclic) bond motifs is 1. The van der Waals surface area contributed by atoms with Crippen LogP contribution in [0.3, 0.4) is 0 Å². The maximum Gasteiger partial charge on any atom is 0.433 e. The number of nitrogens with zero attached hydrogens (tertiary/aromatic N) is 1.